The standard InChI is InChI=1S/C10H11Cl2NO2/c1-9(6-10(9,11)12)8(14)13-5-7-3-2-4-15-7/h2-4H,5-6H2,1H3,(H,13,14). The second-order valence-electron chi connectivity index (χ2n) is 3.98. The highest BCUT2D eigenvalue weighted by Gasteiger charge is 2.67. The summed E-state index contributed by atoms with van der Waals surface area (Å²) in [5.41, 5.74) is -0.664. The molecule has 1 saturated carbocycles. The summed E-state index contributed by atoms with van der Waals surface area (Å²) in [6.07, 6.45) is 2.06. The summed E-state index contributed by atoms with van der Waals surface area (Å²) in [6.45, 7) is 2.12. The first-order chi connectivity index (χ1) is 6.96. The molecule has 1 fully saturated rings. The van der Waals surface area contributed by atoms with Gasteiger partial charge in [0.2, 0.25) is 5.91 Å². The van der Waals surface area contributed by atoms with Crippen LogP contribution in [0.2, 0.25) is 0 Å². The Hall–Kier alpha value is -0.670. The maximum absolute atomic E-state index is 11.7. The van der Waals surface area contributed by atoms with Gasteiger partial charge in [-0.25, -0.2) is 0 Å². The molecule has 1 atom stereocenters. The Morgan fingerprint density at radius 3 is 2.80 bits per heavy atom. The molecule has 5 heteroatoms. The summed E-state index contributed by atoms with van der Waals surface area (Å²) in [4.78, 5) is 11.7. The minimum absolute atomic E-state index is 0.135. The van der Waals surface area contributed by atoms with E-state index in [2.05, 4.69) is 5.32 Å². The number of nitrogens with one attached hydrogen (secondary N) is 1. The van der Waals surface area contributed by atoms with Gasteiger partial charge >= 0.3 is 0 Å². The highest BCUT2D eigenvalue weighted by molar-refractivity contribution is 6.53. The van der Waals surface area contributed by atoms with Gasteiger partial charge in [-0.1, -0.05) is 0 Å². The summed E-state index contributed by atoms with van der Waals surface area (Å²) in [5.74, 6) is 0.575. The normalized spacial score (nSPS) is 27.4. The van der Waals surface area contributed by atoms with Gasteiger partial charge in [-0.3, -0.25) is 4.79 Å². The van der Waals surface area contributed by atoms with E-state index < -0.39 is 9.75 Å². The van der Waals surface area contributed by atoms with Crippen LogP contribution in [0.1, 0.15) is 19.1 Å². The van der Waals surface area contributed by atoms with Crippen molar-refractivity contribution in [2.24, 2.45) is 5.41 Å². The van der Waals surface area contributed by atoms with E-state index in [1.807, 2.05) is 0 Å². The lowest BCUT2D eigenvalue weighted by Gasteiger charge is -2.11. The van der Waals surface area contributed by atoms with Crippen LogP contribution in [0.3, 0.4) is 0 Å². The lowest BCUT2D eigenvalue weighted by molar-refractivity contribution is -0.126. The number of carbonyl (C=O) groups is 1. The molecule has 1 unspecified atom stereocenters. The molecular formula is C10H11Cl2NO2. The van der Waals surface area contributed by atoms with E-state index in [1.165, 1.54) is 0 Å². The molecule has 0 radical (unpaired) electrons. The summed E-state index contributed by atoms with van der Waals surface area (Å²) >= 11 is 11.8. The van der Waals surface area contributed by atoms with Crippen LogP contribution in [0, 0.1) is 5.41 Å². The highest BCUT2D eigenvalue weighted by Crippen LogP contribution is 2.63. The second-order valence-corrected chi connectivity index (χ2v) is 5.46. The number of furan rings is 1. The Morgan fingerprint density at radius 2 is 2.33 bits per heavy atom. The molecular weight excluding hydrogens is 237 g/mol. The third-order valence-corrected chi connectivity index (χ3v) is 3.86. The minimum Gasteiger partial charge on any atom is -0.467 e. The van der Waals surface area contributed by atoms with Crippen LogP contribution >= 0.6 is 23.2 Å². The van der Waals surface area contributed by atoms with Gasteiger partial charge < -0.3 is 9.73 Å². The zero-order chi connectivity index (χ0) is 11.1. The Balaban J connectivity index is 1.89. The lowest BCUT2D eigenvalue weighted by Crippen LogP contribution is -2.32. The van der Waals surface area contributed by atoms with Crippen molar-refractivity contribution in [3.63, 3.8) is 0 Å². The summed E-state index contributed by atoms with van der Waals surface area (Å²) in [6, 6.07) is 3.57. The van der Waals surface area contributed by atoms with Gasteiger partial charge in [-0.15, -0.1) is 23.2 Å². The number of halogens is 2. The van der Waals surface area contributed by atoms with E-state index in [4.69, 9.17) is 27.6 Å². The molecule has 15 heavy (non-hydrogen) atoms. The molecule has 0 saturated heterocycles. The van der Waals surface area contributed by atoms with Gasteiger partial charge in [0.15, 0.2) is 0 Å². The first-order valence-electron chi connectivity index (χ1n) is 4.64. The number of hydrogen-bond acceptors (Lipinski definition) is 2. The molecule has 1 aromatic rings. The van der Waals surface area contributed by atoms with Gasteiger partial charge in [-0.05, 0) is 25.5 Å². The third-order valence-electron chi connectivity index (χ3n) is 2.76. The molecule has 0 aromatic carbocycles. The number of amides is 1. The number of rotatable bonds is 3. The van der Waals surface area contributed by atoms with Crippen molar-refractivity contribution < 1.29 is 9.21 Å². The molecule has 1 amide bonds. The van der Waals surface area contributed by atoms with Crippen molar-refractivity contribution in [3.8, 4) is 0 Å². The summed E-state index contributed by atoms with van der Waals surface area (Å²) < 4.78 is 4.17. The van der Waals surface area contributed by atoms with E-state index >= 15 is 0 Å². The van der Waals surface area contributed by atoms with E-state index in [-0.39, 0.29) is 5.91 Å². The molecule has 3 nitrogen and oxygen atoms in total. The molecule has 82 valence electrons. The Labute approximate surface area is 97.7 Å². The second kappa shape index (κ2) is 3.42. The smallest absolute Gasteiger partial charge is 0.229 e. The number of hydrogen-bond donors (Lipinski definition) is 1. The van der Waals surface area contributed by atoms with Crippen molar-refractivity contribution in [1.29, 1.82) is 0 Å². The summed E-state index contributed by atoms with van der Waals surface area (Å²) in [5, 5.41) is 2.74. The van der Waals surface area contributed by atoms with Crippen molar-refractivity contribution in [1.82, 2.24) is 5.32 Å². The van der Waals surface area contributed by atoms with Crippen molar-refractivity contribution in [2.75, 3.05) is 0 Å². The fourth-order valence-electron chi connectivity index (χ4n) is 1.42. The maximum Gasteiger partial charge on any atom is 0.229 e. The molecule has 1 aromatic heterocycles. The predicted octanol–water partition coefficient (Wildman–Crippen LogP) is 2.48. The Kier molecular flexibility index (Phi) is 2.47. The monoisotopic (exact) mass is 247 g/mol. The lowest BCUT2D eigenvalue weighted by atomic mass is 10.1. The zero-order valence-electron chi connectivity index (χ0n) is 8.22. The summed E-state index contributed by atoms with van der Waals surface area (Å²) in [7, 11) is 0. The maximum atomic E-state index is 11.7. The Bertz CT molecular complexity index is 375. The van der Waals surface area contributed by atoms with Crippen LogP contribution in [0.5, 0.6) is 0 Å². The quantitative estimate of drug-likeness (QED) is 0.835. The van der Waals surface area contributed by atoms with E-state index in [1.54, 1.807) is 25.3 Å². The molecule has 1 aliphatic rings. The van der Waals surface area contributed by atoms with Crippen LogP contribution in [0.25, 0.3) is 0 Å². The van der Waals surface area contributed by atoms with Crippen LogP contribution in [0.4, 0.5) is 0 Å². The minimum atomic E-state index is -0.916. The topological polar surface area (TPSA) is 42.2 Å². The first kappa shape index (κ1) is 10.8. The molecule has 2 rings (SSSR count). The average Bonchev–Trinajstić information content (AvgIpc) is 2.57. The molecule has 1 heterocycles. The van der Waals surface area contributed by atoms with Gasteiger partial charge in [0.25, 0.3) is 0 Å². The van der Waals surface area contributed by atoms with Crippen molar-refractivity contribution in [2.45, 2.75) is 24.2 Å². The first-order valence-corrected chi connectivity index (χ1v) is 5.40. The fourth-order valence-corrected chi connectivity index (χ4v) is 2.13. The third kappa shape index (κ3) is 1.86. The van der Waals surface area contributed by atoms with Crippen LogP contribution in [0.15, 0.2) is 22.8 Å². The zero-order valence-corrected chi connectivity index (χ0v) is 9.73. The molecule has 0 aliphatic heterocycles. The molecule has 1 aliphatic carbocycles. The molecule has 0 bridgehead atoms. The molecule has 1 N–H and O–H groups in total. The van der Waals surface area contributed by atoms with Gasteiger partial charge in [-0.2, -0.15) is 0 Å². The van der Waals surface area contributed by atoms with Gasteiger partial charge in [0.05, 0.1) is 18.2 Å². The SMILES string of the molecule is CC1(C(=O)NCc2ccco2)CC1(Cl)Cl. The fraction of sp³-hybridized carbons (Fsp3) is 0.500. The van der Waals surface area contributed by atoms with Gasteiger partial charge in [0.1, 0.15) is 10.1 Å². The Morgan fingerprint density at radius 1 is 1.67 bits per heavy atom. The van der Waals surface area contributed by atoms with Crippen LogP contribution in [-0.2, 0) is 11.3 Å². The molecule has 0 spiro atoms. The largest absolute Gasteiger partial charge is 0.467 e. The predicted molar refractivity (Wildman–Crippen MR) is 57.7 cm³/mol. The van der Waals surface area contributed by atoms with Crippen molar-refractivity contribution in [3.05, 3.63) is 24.2 Å². The van der Waals surface area contributed by atoms with Crippen LogP contribution in [-0.4, -0.2) is 10.2 Å². The van der Waals surface area contributed by atoms with E-state index in [0.29, 0.717) is 18.7 Å². The van der Waals surface area contributed by atoms with Crippen molar-refractivity contribution >= 4 is 29.1 Å². The van der Waals surface area contributed by atoms with Crippen LogP contribution < -0.4 is 5.32 Å². The average molecular weight is 248 g/mol. The number of carbonyl (C=O) groups excluding carboxylic acids is 1. The highest BCUT2D eigenvalue weighted by atomic mass is 35.5. The van der Waals surface area contributed by atoms with Gasteiger partial charge in [0, 0.05) is 0 Å². The van der Waals surface area contributed by atoms with E-state index in [0.717, 1.165) is 0 Å². The number of alkyl halides is 2. The van der Waals surface area contributed by atoms with E-state index in [9.17, 15) is 4.79 Å².